The summed E-state index contributed by atoms with van der Waals surface area (Å²) in [6.07, 6.45) is -9.24. The molecule has 3 aliphatic rings. The number of carbonyl (C=O) groups is 3. The standard InChI is InChI=1S/C33H34ClF6NO5/c34-26-8-1-19(3-10-29(43)31(12-13-31)33(38,39)40)15-24(26)27(42)17-20-2-9-28(46-23-11-14-45-18-23)25(16-20)30(44)41-22-6-4-21(5-7-22)32(35,36)37/h1-2,8-9,15-16,21-23H,3-7,10-14,17-18H2,(H,41,44). The predicted octanol–water partition coefficient (Wildman–Crippen LogP) is 7.63. The molecule has 2 aliphatic carbocycles. The van der Waals surface area contributed by atoms with E-state index in [0.29, 0.717) is 30.8 Å². The van der Waals surface area contributed by atoms with Gasteiger partial charge < -0.3 is 14.8 Å². The summed E-state index contributed by atoms with van der Waals surface area (Å²) < 4.78 is 90.7. The largest absolute Gasteiger partial charge is 0.487 e. The number of ketones is 2. The predicted molar refractivity (Wildman–Crippen MR) is 156 cm³/mol. The molecule has 5 rings (SSSR count). The molecule has 1 aliphatic heterocycles. The summed E-state index contributed by atoms with van der Waals surface area (Å²) in [6, 6.07) is 8.72. The van der Waals surface area contributed by atoms with Gasteiger partial charge in [0.25, 0.3) is 5.91 Å². The highest BCUT2D eigenvalue weighted by Gasteiger charge is 2.67. The van der Waals surface area contributed by atoms with Gasteiger partial charge in [0.15, 0.2) is 5.78 Å². The maximum absolute atomic E-state index is 13.4. The molecule has 3 fully saturated rings. The smallest absolute Gasteiger partial charge is 0.401 e. The Hall–Kier alpha value is -3.12. The molecule has 0 bridgehead atoms. The maximum Gasteiger partial charge on any atom is 0.401 e. The first-order chi connectivity index (χ1) is 21.7. The second-order valence-corrected chi connectivity index (χ2v) is 12.8. The fourth-order valence-corrected chi connectivity index (χ4v) is 6.37. The molecule has 2 saturated carbocycles. The minimum absolute atomic E-state index is 0.0141. The summed E-state index contributed by atoms with van der Waals surface area (Å²) in [5.41, 5.74) is -1.07. The van der Waals surface area contributed by atoms with Crippen LogP contribution in [0.4, 0.5) is 26.3 Å². The van der Waals surface area contributed by atoms with Crippen molar-refractivity contribution in [3.05, 3.63) is 63.7 Å². The third kappa shape index (κ3) is 7.87. The molecule has 250 valence electrons. The van der Waals surface area contributed by atoms with E-state index < -0.39 is 47.2 Å². The van der Waals surface area contributed by atoms with Crippen molar-refractivity contribution in [1.82, 2.24) is 5.32 Å². The topological polar surface area (TPSA) is 81.7 Å². The third-order valence-corrected chi connectivity index (χ3v) is 9.49. The molecule has 2 aromatic carbocycles. The summed E-state index contributed by atoms with van der Waals surface area (Å²) in [7, 11) is 0. The molecular weight excluding hydrogens is 640 g/mol. The van der Waals surface area contributed by atoms with E-state index in [1.807, 2.05) is 0 Å². The average Bonchev–Trinajstić information content (AvgIpc) is 3.68. The van der Waals surface area contributed by atoms with E-state index in [4.69, 9.17) is 21.1 Å². The Labute approximate surface area is 267 Å². The van der Waals surface area contributed by atoms with E-state index in [1.54, 1.807) is 18.2 Å². The van der Waals surface area contributed by atoms with E-state index in [1.165, 1.54) is 18.2 Å². The van der Waals surface area contributed by atoms with Crippen LogP contribution in [0.25, 0.3) is 0 Å². The average molecular weight is 674 g/mol. The Balaban J connectivity index is 1.28. The van der Waals surface area contributed by atoms with Crippen molar-refractivity contribution in [2.24, 2.45) is 11.3 Å². The van der Waals surface area contributed by atoms with Crippen molar-refractivity contribution in [3.8, 4) is 5.75 Å². The van der Waals surface area contributed by atoms with Crippen LogP contribution < -0.4 is 10.1 Å². The Bertz CT molecular complexity index is 1460. The number of nitrogens with one attached hydrogen (secondary N) is 1. The van der Waals surface area contributed by atoms with Gasteiger partial charge >= 0.3 is 12.4 Å². The molecule has 0 radical (unpaired) electrons. The lowest BCUT2D eigenvalue weighted by Crippen LogP contribution is -2.40. The van der Waals surface area contributed by atoms with Gasteiger partial charge in [-0.1, -0.05) is 23.7 Å². The van der Waals surface area contributed by atoms with Gasteiger partial charge in [-0.3, -0.25) is 14.4 Å². The summed E-state index contributed by atoms with van der Waals surface area (Å²) in [4.78, 5) is 39.1. The number of benzene rings is 2. The second kappa shape index (κ2) is 13.5. The number of aryl methyl sites for hydroxylation is 1. The number of hydrogen-bond donors (Lipinski definition) is 1. The Morgan fingerprint density at radius 2 is 1.59 bits per heavy atom. The molecule has 1 unspecified atom stereocenters. The molecule has 1 N–H and O–H groups in total. The highest BCUT2D eigenvalue weighted by molar-refractivity contribution is 6.34. The van der Waals surface area contributed by atoms with E-state index in [-0.39, 0.29) is 85.8 Å². The Morgan fingerprint density at radius 1 is 0.913 bits per heavy atom. The normalized spacial score (nSPS) is 22.7. The van der Waals surface area contributed by atoms with Crippen molar-refractivity contribution in [2.75, 3.05) is 13.2 Å². The zero-order chi connectivity index (χ0) is 33.3. The molecule has 46 heavy (non-hydrogen) atoms. The van der Waals surface area contributed by atoms with Gasteiger partial charge in [0.05, 0.1) is 29.7 Å². The van der Waals surface area contributed by atoms with Crippen molar-refractivity contribution in [2.45, 2.75) is 88.7 Å². The number of hydrogen-bond acceptors (Lipinski definition) is 5. The summed E-state index contributed by atoms with van der Waals surface area (Å²) >= 11 is 6.31. The van der Waals surface area contributed by atoms with Crippen LogP contribution in [0.5, 0.6) is 5.75 Å². The molecule has 0 spiro atoms. The lowest BCUT2D eigenvalue weighted by Gasteiger charge is -2.30. The van der Waals surface area contributed by atoms with Gasteiger partial charge in [-0.25, -0.2) is 0 Å². The van der Waals surface area contributed by atoms with Gasteiger partial charge in [-0.15, -0.1) is 0 Å². The van der Waals surface area contributed by atoms with Gasteiger partial charge in [0.2, 0.25) is 0 Å². The van der Waals surface area contributed by atoms with E-state index >= 15 is 0 Å². The van der Waals surface area contributed by atoms with Crippen LogP contribution in [0, 0.1) is 11.3 Å². The fraction of sp³-hybridized carbons (Fsp3) is 0.545. The van der Waals surface area contributed by atoms with E-state index in [9.17, 15) is 40.7 Å². The minimum Gasteiger partial charge on any atom is -0.487 e. The van der Waals surface area contributed by atoms with Gasteiger partial charge in [0, 0.05) is 30.9 Å². The fourth-order valence-electron chi connectivity index (χ4n) is 6.15. The van der Waals surface area contributed by atoms with Crippen molar-refractivity contribution >= 4 is 29.1 Å². The highest BCUT2D eigenvalue weighted by Crippen LogP contribution is 2.58. The molecule has 1 atom stereocenters. The number of ether oxygens (including phenoxy) is 2. The second-order valence-electron chi connectivity index (χ2n) is 12.4. The first-order valence-corrected chi connectivity index (χ1v) is 15.7. The molecule has 1 amide bonds. The molecule has 0 aromatic heterocycles. The lowest BCUT2D eigenvalue weighted by molar-refractivity contribution is -0.191. The number of carbonyl (C=O) groups excluding carboxylic acids is 3. The zero-order valence-corrected chi connectivity index (χ0v) is 25.6. The van der Waals surface area contributed by atoms with Crippen molar-refractivity contribution in [3.63, 3.8) is 0 Å². The van der Waals surface area contributed by atoms with E-state index in [0.717, 1.165) is 0 Å². The third-order valence-electron chi connectivity index (χ3n) is 9.16. The van der Waals surface area contributed by atoms with Crippen molar-refractivity contribution < 1.29 is 50.2 Å². The Kier molecular flexibility index (Phi) is 10.1. The first kappa shape index (κ1) is 34.2. The number of rotatable bonds is 11. The summed E-state index contributed by atoms with van der Waals surface area (Å²) in [6.45, 7) is 0.832. The quantitative estimate of drug-likeness (QED) is 0.196. The summed E-state index contributed by atoms with van der Waals surface area (Å²) in [5, 5.41) is 2.95. The zero-order valence-electron chi connectivity index (χ0n) is 24.9. The minimum atomic E-state index is -4.58. The van der Waals surface area contributed by atoms with Crippen LogP contribution in [0.3, 0.4) is 0 Å². The highest BCUT2D eigenvalue weighted by atomic mass is 35.5. The molecule has 1 saturated heterocycles. The first-order valence-electron chi connectivity index (χ1n) is 15.3. The maximum atomic E-state index is 13.4. The van der Waals surface area contributed by atoms with Crippen LogP contribution in [0.2, 0.25) is 5.02 Å². The van der Waals surface area contributed by atoms with E-state index in [2.05, 4.69) is 5.32 Å². The SMILES string of the molecule is O=C(Cc1ccc(OC2CCOC2)c(C(=O)NC2CCC(C(F)(F)F)CC2)c1)c1cc(CCC(=O)C2(C(F)(F)F)CC2)ccc1Cl. The number of amides is 1. The lowest BCUT2D eigenvalue weighted by atomic mass is 9.85. The van der Waals surface area contributed by atoms with Gasteiger partial charge in [0.1, 0.15) is 23.1 Å². The van der Waals surface area contributed by atoms with Crippen molar-refractivity contribution in [1.29, 1.82) is 0 Å². The molecule has 1 heterocycles. The van der Waals surface area contributed by atoms with Crippen LogP contribution >= 0.6 is 11.6 Å². The molecule has 2 aromatic rings. The number of halogens is 7. The van der Waals surface area contributed by atoms with Crippen LogP contribution in [-0.4, -0.2) is 55.2 Å². The molecule has 13 heteroatoms. The molecule has 6 nitrogen and oxygen atoms in total. The van der Waals surface area contributed by atoms with Crippen LogP contribution in [0.15, 0.2) is 36.4 Å². The number of alkyl halides is 6. The summed E-state index contributed by atoms with van der Waals surface area (Å²) in [5.74, 6) is -2.95. The Morgan fingerprint density at radius 3 is 2.20 bits per heavy atom. The van der Waals surface area contributed by atoms with Crippen LogP contribution in [0.1, 0.15) is 83.2 Å². The molecular formula is C33H34ClF6NO5. The van der Waals surface area contributed by atoms with Gasteiger partial charge in [-0.05, 0) is 80.3 Å². The van der Waals surface area contributed by atoms with Gasteiger partial charge in [-0.2, -0.15) is 26.3 Å². The van der Waals surface area contributed by atoms with Crippen LogP contribution in [-0.2, 0) is 22.4 Å². The monoisotopic (exact) mass is 673 g/mol. The number of Topliss-reactive ketones (excluding diaryl/α,β-unsaturated/α-hetero) is 2.